The van der Waals surface area contributed by atoms with Crippen molar-refractivity contribution >= 4 is 17.5 Å². The van der Waals surface area contributed by atoms with Gasteiger partial charge >= 0.3 is 0 Å². The van der Waals surface area contributed by atoms with Crippen LogP contribution in [-0.2, 0) is 17.9 Å². The maximum atomic E-state index is 12.3. The van der Waals surface area contributed by atoms with Gasteiger partial charge in [0.2, 0.25) is 0 Å². The molecular formula is C22H27ClN2O2. The standard InChI is InChI=1S/C22H27ClN2O2/c1-17(27-21-7-5-6-20(23)14-21)22(26)24-15-18-8-10-19(11-9-18)16-25-12-3-2-4-13-25/h5-11,14,17H,2-4,12-13,15-16H2,1H3,(H,24,26)/t17-/m0/s1. The fourth-order valence-corrected chi connectivity index (χ4v) is 3.45. The first kappa shape index (κ1) is 19.7. The molecule has 1 atom stereocenters. The Kier molecular flexibility index (Phi) is 7.13. The van der Waals surface area contributed by atoms with Crippen molar-refractivity contribution in [2.45, 2.75) is 45.4 Å². The third kappa shape index (κ3) is 6.26. The van der Waals surface area contributed by atoms with Crippen LogP contribution in [0.1, 0.15) is 37.3 Å². The predicted octanol–water partition coefficient (Wildman–Crippen LogP) is 4.41. The second-order valence-corrected chi connectivity index (χ2v) is 7.52. The zero-order valence-corrected chi connectivity index (χ0v) is 16.5. The summed E-state index contributed by atoms with van der Waals surface area (Å²) in [5.41, 5.74) is 2.41. The summed E-state index contributed by atoms with van der Waals surface area (Å²) in [4.78, 5) is 14.8. The number of nitrogens with one attached hydrogen (secondary N) is 1. The Balaban J connectivity index is 1.45. The fourth-order valence-electron chi connectivity index (χ4n) is 3.27. The number of likely N-dealkylation sites (tertiary alicyclic amines) is 1. The molecule has 1 heterocycles. The molecule has 4 nitrogen and oxygen atoms in total. The highest BCUT2D eigenvalue weighted by atomic mass is 35.5. The second kappa shape index (κ2) is 9.77. The van der Waals surface area contributed by atoms with E-state index in [2.05, 4.69) is 34.5 Å². The van der Waals surface area contributed by atoms with Crippen LogP contribution in [0.25, 0.3) is 0 Å². The van der Waals surface area contributed by atoms with Gasteiger partial charge in [0.15, 0.2) is 6.10 Å². The number of amides is 1. The number of hydrogen-bond donors (Lipinski definition) is 1. The third-order valence-corrected chi connectivity index (χ3v) is 5.06. The molecule has 0 aromatic heterocycles. The van der Waals surface area contributed by atoms with Crippen molar-refractivity contribution < 1.29 is 9.53 Å². The first-order valence-corrected chi connectivity index (χ1v) is 9.98. The van der Waals surface area contributed by atoms with E-state index in [1.807, 2.05) is 0 Å². The predicted molar refractivity (Wildman–Crippen MR) is 109 cm³/mol. The summed E-state index contributed by atoms with van der Waals surface area (Å²) in [6.45, 7) is 5.63. The summed E-state index contributed by atoms with van der Waals surface area (Å²) in [7, 11) is 0. The molecule has 27 heavy (non-hydrogen) atoms. The van der Waals surface area contributed by atoms with Gasteiger partial charge in [-0.15, -0.1) is 0 Å². The Morgan fingerprint density at radius 3 is 2.52 bits per heavy atom. The molecule has 0 aliphatic carbocycles. The van der Waals surface area contributed by atoms with Gasteiger partial charge in [-0.05, 0) is 62.2 Å². The normalized spacial score (nSPS) is 15.9. The zero-order valence-electron chi connectivity index (χ0n) is 15.8. The Hall–Kier alpha value is -2.04. The molecule has 1 aliphatic rings. The molecule has 0 saturated carbocycles. The largest absolute Gasteiger partial charge is 0.481 e. The third-order valence-electron chi connectivity index (χ3n) is 4.82. The summed E-state index contributed by atoms with van der Waals surface area (Å²) < 4.78 is 5.65. The van der Waals surface area contributed by atoms with E-state index in [1.165, 1.54) is 37.9 Å². The van der Waals surface area contributed by atoms with Crippen molar-refractivity contribution in [3.8, 4) is 5.75 Å². The van der Waals surface area contributed by atoms with Gasteiger partial charge in [-0.3, -0.25) is 9.69 Å². The van der Waals surface area contributed by atoms with E-state index >= 15 is 0 Å². The number of halogens is 1. The Morgan fingerprint density at radius 2 is 1.81 bits per heavy atom. The minimum absolute atomic E-state index is 0.146. The summed E-state index contributed by atoms with van der Waals surface area (Å²) in [5.74, 6) is 0.444. The van der Waals surface area contributed by atoms with Gasteiger partial charge in [0.05, 0.1) is 0 Å². The van der Waals surface area contributed by atoms with Crippen LogP contribution in [0, 0.1) is 0 Å². The van der Waals surface area contributed by atoms with Gasteiger partial charge in [-0.1, -0.05) is 48.4 Å². The number of carbonyl (C=O) groups excluding carboxylic acids is 1. The minimum atomic E-state index is -0.582. The number of carbonyl (C=O) groups is 1. The lowest BCUT2D eigenvalue weighted by Gasteiger charge is -2.26. The number of piperidine rings is 1. The highest BCUT2D eigenvalue weighted by Gasteiger charge is 2.14. The molecule has 1 N–H and O–H groups in total. The average molecular weight is 387 g/mol. The number of benzene rings is 2. The molecule has 1 saturated heterocycles. The van der Waals surface area contributed by atoms with Crippen molar-refractivity contribution in [3.63, 3.8) is 0 Å². The topological polar surface area (TPSA) is 41.6 Å². The molecule has 0 spiro atoms. The molecule has 3 rings (SSSR count). The quantitative estimate of drug-likeness (QED) is 0.766. The zero-order chi connectivity index (χ0) is 19.1. The maximum absolute atomic E-state index is 12.3. The van der Waals surface area contributed by atoms with Crippen molar-refractivity contribution in [1.82, 2.24) is 10.2 Å². The Bertz CT molecular complexity index is 742. The van der Waals surface area contributed by atoms with Crippen molar-refractivity contribution in [1.29, 1.82) is 0 Å². The van der Waals surface area contributed by atoms with E-state index in [9.17, 15) is 4.79 Å². The van der Waals surface area contributed by atoms with Crippen LogP contribution in [0.4, 0.5) is 0 Å². The van der Waals surface area contributed by atoms with Gasteiger partial charge in [-0.2, -0.15) is 0 Å². The SMILES string of the molecule is C[C@H](Oc1cccc(Cl)c1)C(=O)NCc1ccc(CN2CCCCC2)cc1. The van der Waals surface area contributed by atoms with Crippen molar-refractivity contribution in [2.75, 3.05) is 13.1 Å². The molecule has 0 bridgehead atoms. The summed E-state index contributed by atoms with van der Waals surface area (Å²) in [5, 5.41) is 3.51. The van der Waals surface area contributed by atoms with E-state index in [0.29, 0.717) is 17.3 Å². The lowest BCUT2D eigenvalue weighted by atomic mass is 10.1. The van der Waals surface area contributed by atoms with Gasteiger partial charge < -0.3 is 10.1 Å². The molecule has 2 aromatic carbocycles. The molecule has 1 fully saturated rings. The van der Waals surface area contributed by atoms with E-state index in [-0.39, 0.29) is 5.91 Å². The molecular weight excluding hydrogens is 360 g/mol. The van der Waals surface area contributed by atoms with Crippen LogP contribution in [0.3, 0.4) is 0 Å². The average Bonchev–Trinajstić information content (AvgIpc) is 2.68. The first-order valence-electron chi connectivity index (χ1n) is 9.60. The number of nitrogens with zero attached hydrogens (tertiary/aromatic N) is 1. The number of rotatable bonds is 7. The molecule has 144 valence electrons. The number of ether oxygens (including phenoxy) is 1. The highest BCUT2D eigenvalue weighted by Crippen LogP contribution is 2.18. The van der Waals surface area contributed by atoms with Gasteiger partial charge in [-0.25, -0.2) is 0 Å². The lowest BCUT2D eigenvalue weighted by Crippen LogP contribution is -2.35. The number of hydrogen-bond acceptors (Lipinski definition) is 3. The summed E-state index contributed by atoms with van der Waals surface area (Å²) in [6, 6.07) is 15.5. The second-order valence-electron chi connectivity index (χ2n) is 7.09. The van der Waals surface area contributed by atoms with Gasteiger partial charge in [0.1, 0.15) is 5.75 Å². The van der Waals surface area contributed by atoms with Crippen molar-refractivity contribution in [2.24, 2.45) is 0 Å². The molecule has 5 heteroatoms. The summed E-state index contributed by atoms with van der Waals surface area (Å²) >= 11 is 5.94. The Labute approximate surface area is 166 Å². The molecule has 1 aliphatic heterocycles. The monoisotopic (exact) mass is 386 g/mol. The molecule has 1 amide bonds. The van der Waals surface area contributed by atoms with E-state index in [1.54, 1.807) is 31.2 Å². The molecule has 2 aromatic rings. The highest BCUT2D eigenvalue weighted by molar-refractivity contribution is 6.30. The maximum Gasteiger partial charge on any atom is 0.261 e. The van der Waals surface area contributed by atoms with Crippen molar-refractivity contribution in [3.05, 3.63) is 64.7 Å². The smallest absolute Gasteiger partial charge is 0.261 e. The van der Waals surface area contributed by atoms with E-state index < -0.39 is 6.10 Å². The van der Waals surface area contributed by atoms with Crippen LogP contribution in [0.15, 0.2) is 48.5 Å². The van der Waals surface area contributed by atoms with Crippen LogP contribution in [0.5, 0.6) is 5.75 Å². The van der Waals surface area contributed by atoms with Gasteiger partial charge in [0.25, 0.3) is 5.91 Å². The van der Waals surface area contributed by atoms with Crippen LogP contribution in [-0.4, -0.2) is 30.0 Å². The van der Waals surface area contributed by atoms with Crippen LogP contribution in [0.2, 0.25) is 5.02 Å². The van der Waals surface area contributed by atoms with E-state index in [0.717, 1.165) is 12.1 Å². The first-order chi connectivity index (χ1) is 13.1. The lowest BCUT2D eigenvalue weighted by molar-refractivity contribution is -0.127. The van der Waals surface area contributed by atoms with Crippen LogP contribution >= 0.6 is 11.6 Å². The molecule has 0 radical (unpaired) electrons. The van der Waals surface area contributed by atoms with Gasteiger partial charge in [0, 0.05) is 18.1 Å². The fraction of sp³-hybridized carbons (Fsp3) is 0.409. The minimum Gasteiger partial charge on any atom is -0.481 e. The van der Waals surface area contributed by atoms with Crippen LogP contribution < -0.4 is 10.1 Å². The Morgan fingerprint density at radius 1 is 1.11 bits per heavy atom. The van der Waals surface area contributed by atoms with E-state index in [4.69, 9.17) is 16.3 Å². The summed E-state index contributed by atoms with van der Waals surface area (Å²) in [6.07, 6.45) is 3.38. The molecule has 0 unspecified atom stereocenters.